The van der Waals surface area contributed by atoms with Gasteiger partial charge in [-0.05, 0) is 53.1 Å². The number of tetrazole rings is 1. The van der Waals surface area contributed by atoms with Crippen LogP contribution in [0, 0.1) is 0 Å². The number of hydrogen-bond donors (Lipinski definition) is 0. The number of ether oxygens (including phenoxy) is 2. The van der Waals surface area contributed by atoms with Gasteiger partial charge in [-0.2, -0.15) is 0 Å². The molecule has 0 N–H and O–H groups in total. The van der Waals surface area contributed by atoms with Gasteiger partial charge >= 0.3 is 0 Å². The van der Waals surface area contributed by atoms with E-state index in [2.05, 4.69) is 68.6 Å². The molecule has 0 aliphatic carbocycles. The van der Waals surface area contributed by atoms with Crippen molar-refractivity contribution < 1.29 is 9.47 Å². The maximum Gasteiger partial charge on any atom is 0.168 e. The summed E-state index contributed by atoms with van der Waals surface area (Å²) in [6.45, 7) is 7.01. The molecule has 1 saturated heterocycles. The number of piperazine rings is 1. The van der Waals surface area contributed by atoms with Crippen LogP contribution in [0.25, 0.3) is 0 Å². The van der Waals surface area contributed by atoms with Crippen molar-refractivity contribution in [2.75, 3.05) is 45.3 Å². The number of aromatic nitrogens is 4. The Morgan fingerprint density at radius 3 is 2.41 bits per heavy atom. The lowest BCUT2D eigenvalue weighted by molar-refractivity contribution is 0.162. The summed E-state index contributed by atoms with van der Waals surface area (Å²) in [6, 6.07) is 17.0. The van der Waals surface area contributed by atoms with Gasteiger partial charge < -0.3 is 14.4 Å². The van der Waals surface area contributed by atoms with Gasteiger partial charge in [0.25, 0.3) is 0 Å². The lowest BCUT2D eigenvalue weighted by Gasteiger charge is -2.39. The van der Waals surface area contributed by atoms with Gasteiger partial charge in [-0.15, -0.1) is 5.10 Å². The van der Waals surface area contributed by atoms with E-state index in [4.69, 9.17) is 9.47 Å². The highest BCUT2D eigenvalue weighted by molar-refractivity contribution is 5.46. The fourth-order valence-electron chi connectivity index (χ4n) is 4.68. The summed E-state index contributed by atoms with van der Waals surface area (Å²) >= 11 is 0. The molecule has 34 heavy (non-hydrogen) atoms. The maximum absolute atomic E-state index is 5.46. The van der Waals surface area contributed by atoms with Crippen molar-refractivity contribution in [2.24, 2.45) is 0 Å². The van der Waals surface area contributed by atoms with Crippen LogP contribution in [0.3, 0.4) is 0 Å². The van der Waals surface area contributed by atoms with Crippen LogP contribution in [-0.4, -0.2) is 65.5 Å². The van der Waals surface area contributed by atoms with Gasteiger partial charge in [0.15, 0.2) is 17.3 Å². The summed E-state index contributed by atoms with van der Waals surface area (Å²) in [7, 11) is 3.32. The highest BCUT2D eigenvalue weighted by Gasteiger charge is 2.28. The average Bonchev–Trinajstić information content (AvgIpc) is 3.36. The second-order valence-corrected chi connectivity index (χ2v) is 8.72. The van der Waals surface area contributed by atoms with Gasteiger partial charge in [-0.25, -0.2) is 4.68 Å². The first-order valence-electron chi connectivity index (χ1n) is 12.2. The van der Waals surface area contributed by atoms with Gasteiger partial charge in [0.1, 0.15) is 0 Å². The Morgan fingerprint density at radius 2 is 1.71 bits per heavy atom. The molecule has 0 amide bonds. The third-order valence-corrected chi connectivity index (χ3v) is 6.63. The monoisotopic (exact) mass is 464 g/mol. The van der Waals surface area contributed by atoms with E-state index >= 15 is 0 Å². The van der Waals surface area contributed by atoms with Crippen molar-refractivity contribution in [3.05, 3.63) is 59.9 Å². The van der Waals surface area contributed by atoms with E-state index in [1.54, 1.807) is 14.2 Å². The molecule has 2 aromatic carbocycles. The number of benzene rings is 2. The van der Waals surface area contributed by atoms with Crippen molar-refractivity contribution in [3.63, 3.8) is 0 Å². The number of aryl methyl sites for hydroxylation is 2. The van der Waals surface area contributed by atoms with Crippen LogP contribution in [-0.2, 0) is 13.0 Å². The standard InChI is InChI=1S/C26H36N6O2/c1-4-5-11-23(31-18-16-30(17-19-31)22-9-7-6-8-10-22)26-27-28-29-32(26)15-14-21-12-13-24(33-2)25(20-21)34-3/h6-10,12-13,20,23H,4-5,11,14-19H2,1-3H3/t23-/m1/s1. The second kappa shape index (κ2) is 11.8. The molecule has 182 valence electrons. The lowest BCUT2D eigenvalue weighted by atomic mass is 10.1. The summed E-state index contributed by atoms with van der Waals surface area (Å²) in [5, 5.41) is 12.9. The van der Waals surface area contributed by atoms with E-state index in [9.17, 15) is 0 Å². The topological polar surface area (TPSA) is 68.5 Å². The molecule has 8 nitrogen and oxygen atoms in total. The number of methoxy groups -OCH3 is 2. The molecule has 1 atom stereocenters. The Balaban J connectivity index is 1.44. The van der Waals surface area contributed by atoms with Crippen LogP contribution in [0.1, 0.15) is 43.6 Å². The molecule has 0 radical (unpaired) electrons. The van der Waals surface area contributed by atoms with Crippen LogP contribution in [0.5, 0.6) is 11.5 Å². The smallest absolute Gasteiger partial charge is 0.168 e. The van der Waals surface area contributed by atoms with Crippen molar-refractivity contribution in [3.8, 4) is 11.5 Å². The third kappa shape index (κ3) is 5.67. The minimum atomic E-state index is 0.235. The Bertz CT molecular complexity index is 1020. The summed E-state index contributed by atoms with van der Waals surface area (Å²) < 4.78 is 12.8. The van der Waals surface area contributed by atoms with Gasteiger partial charge in [0.2, 0.25) is 0 Å². The van der Waals surface area contributed by atoms with E-state index in [0.29, 0.717) is 0 Å². The molecule has 3 aromatic rings. The van der Waals surface area contributed by atoms with Crippen molar-refractivity contribution in [1.82, 2.24) is 25.1 Å². The van der Waals surface area contributed by atoms with Gasteiger partial charge in [-0.1, -0.05) is 44.0 Å². The van der Waals surface area contributed by atoms with Gasteiger partial charge in [0, 0.05) is 38.4 Å². The molecular weight excluding hydrogens is 428 g/mol. The maximum atomic E-state index is 5.46. The minimum absolute atomic E-state index is 0.235. The van der Waals surface area contributed by atoms with Crippen LogP contribution >= 0.6 is 0 Å². The molecule has 1 aromatic heterocycles. The predicted octanol–water partition coefficient (Wildman–Crippen LogP) is 3.99. The fraction of sp³-hybridized carbons (Fsp3) is 0.500. The van der Waals surface area contributed by atoms with Crippen molar-refractivity contribution >= 4 is 5.69 Å². The van der Waals surface area contributed by atoms with E-state index in [1.165, 1.54) is 11.3 Å². The molecule has 0 spiro atoms. The molecule has 1 fully saturated rings. The number of rotatable bonds is 11. The Morgan fingerprint density at radius 1 is 0.941 bits per heavy atom. The Kier molecular flexibility index (Phi) is 8.36. The van der Waals surface area contributed by atoms with Crippen molar-refractivity contribution in [2.45, 2.75) is 45.2 Å². The number of hydrogen-bond acceptors (Lipinski definition) is 7. The minimum Gasteiger partial charge on any atom is -0.493 e. The first-order chi connectivity index (χ1) is 16.7. The van der Waals surface area contributed by atoms with Crippen LogP contribution in [0.4, 0.5) is 5.69 Å². The number of nitrogens with zero attached hydrogens (tertiary/aromatic N) is 6. The van der Waals surface area contributed by atoms with Crippen LogP contribution < -0.4 is 14.4 Å². The highest BCUT2D eigenvalue weighted by atomic mass is 16.5. The number of anilines is 1. The van der Waals surface area contributed by atoms with E-state index < -0.39 is 0 Å². The van der Waals surface area contributed by atoms with Crippen molar-refractivity contribution in [1.29, 1.82) is 0 Å². The summed E-state index contributed by atoms with van der Waals surface area (Å²) in [6.07, 6.45) is 4.21. The summed E-state index contributed by atoms with van der Waals surface area (Å²) in [4.78, 5) is 5.03. The number of unbranched alkanes of at least 4 members (excludes halogenated alkanes) is 1. The zero-order chi connectivity index (χ0) is 23.8. The molecule has 1 aliphatic heterocycles. The average molecular weight is 465 g/mol. The SMILES string of the molecule is CCCC[C@H](c1nnnn1CCc1ccc(OC)c(OC)c1)N1CCN(c2ccccc2)CC1. The summed E-state index contributed by atoms with van der Waals surface area (Å²) in [5.41, 5.74) is 2.47. The lowest BCUT2D eigenvalue weighted by Crippen LogP contribution is -2.48. The highest BCUT2D eigenvalue weighted by Crippen LogP contribution is 2.29. The first kappa shape index (κ1) is 24.0. The molecule has 2 heterocycles. The predicted molar refractivity (Wildman–Crippen MR) is 134 cm³/mol. The molecular formula is C26H36N6O2. The second-order valence-electron chi connectivity index (χ2n) is 8.72. The van der Waals surface area contributed by atoms with Gasteiger partial charge in [-0.3, -0.25) is 4.90 Å². The van der Waals surface area contributed by atoms with Crippen LogP contribution in [0.15, 0.2) is 48.5 Å². The molecule has 8 heteroatoms. The molecule has 0 unspecified atom stereocenters. The Labute approximate surface area is 202 Å². The Hall–Kier alpha value is -3.13. The third-order valence-electron chi connectivity index (χ3n) is 6.63. The molecule has 1 aliphatic rings. The largest absolute Gasteiger partial charge is 0.493 e. The molecule has 0 bridgehead atoms. The summed E-state index contributed by atoms with van der Waals surface area (Å²) in [5.74, 6) is 2.46. The normalized spacial score (nSPS) is 15.3. The van der Waals surface area contributed by atoms with E-state index in [1.807, 2.05) is 16.8 Å². The van der Waals surface area contributed by atoms with Gasteiger partial charge in [0.05, 0.1) is 20.3 Å². The van der Waals surface area contributed by atoms with E-state index in [0.717, 1.165) is 75.7 Å². The van der Waals surface area contributed by atoms with Crippen LogP contribution in [0.2, 0.25) is 0 Å². The quantitative estimate of drug-likeness (QED) is 0.425. The zero-order valence-corrected chi connectivity index (χ0v) is 20.6. The molecule has 0 saturated carbocycles. The molecule has 4 rings (SSSR count). The number of para-hydroxylation sites is 1. The zero-order valence-electron chi connectivity index (χ0n) is 20.6. The fourth-order valence-corrected chi connectivity index (χ4v) is 4.68. The van der Waals surface area contributed by atoms with E-state index in [-0.39, 0.29) is 6.04 Å². The first-order valence-corrected chi connectivity index (χ1v) is 12.2.